The number of rotatable bonds is 8. The number of nitrogens with one attached hydrogen (secondary N) is 1. The summed E-state index contributed by atoms with van der Waals surface area (Å²) in [6, 6.07) is 9.29. The van der Waals surface area contributed by atoms with Gasteiger partial charge in [-0.15, -0.1) is 11.3 Å². The minimum Gasteiger partial charge on any atom is -0.317 e. The van der Waals surface area contributed by atoms with Crippen LogP contribution in [0.5, 0.6) is 0 Å². The Morgan fingerprint density at radius 1 is 1.20 bits per heavy atom. The molecule has 2 rings (SSSR count). The fourth-order valence-electron chi connectivity index (χ4n) is 2.68. The second-order valence-corrected chi connectivity index (χ2v) is 6.17. The molecule has 0 aliphatic heterocycles. The zero-order valence-electron chi connectivity index (χ0n) is 12.9. The molecule has 0 spiro atoms. The quantitative estimate of drug-likeness (QED) is 0.796. The molecular weight excluding hydrogens is 264 g/mol. The van der Waals surface area contributed by atoms with Gasteiger partial charge in [0.15, 0.2) is 0 Å². The summed E-state index contributed by atoms with van der Waals surface area (Å²) in [6.45, 7) is 7.96. The van der Waals surface area contributed by atoms with Crippen LogP contribution in [-0.2, 0) is 6.42 Å². The third kappa shape index (κ3) is 3.81. The molecule has 0 aliphatic carbocycles. The molecule has 0 saturated carbocycles. The average molecular weight is 290 g/mol. The van der Waals surface area contributed by atoms with Crippen molar-refractivity contribution in [2.45, 2.75) is 32.7 Å². The highest BCUT2D eigenvalue weighted by atomic mass is 32.1. The van der Waals surface area contributed by atoms with Crippen LogP contribution in [0.1, 0.15) is 25.8 Å². The lowest BCUT2D eigenvalue weighted by molar-refractivity contribution is 0.283. The predicted molar refractivity (Wildman–Crippen MR) is 90.8 cm³/mol. The maximum atomic E-state index is 3.49. The van der Waals surface area contributed by atoms with Crippen LogP contribution in [0.25, 0.3) is 10.1 Å². The Hall–Kier alpha value is -0.900. The molecule has 1 atom stereocenters. The van der Waals surface area contributed by atoms with E-state index < -0.39 is 0 Å². The Bertz CT molecular complexity index is 516. The van der Waals surface area contributed by atoms with Gasteiger partial charge in [-0.2, -0.15) is 0 Å². The second kappa shape index (κ2) is 7.77. The van der Waals surface area contributed by atoms with E-state index in [2.05, 4.69) is 60.8 Å². The average Bonchev–Trinajstić information content (AvgIpc) is 2.90. The highest BCUT2D eigenvalue weighted by Crippen LogP contribution is 2.26. The summed E-state index contributed by atoms with van der Waals surface area (Å²) in [6.07, 6.45) is 2.34. The van der Waals surface area contributed by atoms with Crippen LogP contribution in [0.4, 0.5) is 0 Å². The molecule has 0 saturated heterocycles. The lowest BCUT2D eigenvalue weighted by atomic mass is 10.0. The number of hydrogen-bond acceptors (Lipinski definition) is 3. The van der Waals surface area contributed by atoms with Crippen molar-refractivity contribution in [3.05, 3.63) is 35.2 Å². The van der Waals surface area contributed by atoms with Crippen molar-refractivity contribution in [1.82, 2.24) is 10.2 Å². The van der Waals surface area contributed by atoms with Crippen LogP contribution in [0.2, 0.25) is 0 Å². The van der Waals surface area contributed by atoms with Gasteiger partial charge in [0.25, 0.3) is 0 Å². The Balaban J connectivity index is 1.99. The number of nitrogens with zero attached hydrogens (tertiary/aromatic N) is 1. The zero-order valence-corrected chi connectivity index (χ0v) is 13.7. The molecule has 0 fully saturated rings. The Morgan fingerprint density at radius 2 is 1.95 bits per heavy atom. The van der Waals surface area contributed by atoms with E-state index in [-0.39, 0.29) is 0 Å². The van der Waals surface area contributed by atoms with Crippen molar-refractivity contribution in [2.24, 2.45) is 0 Å². The van der Waals surface area contributed by atoms with Crippen molar-refractivity contribution in [3.8, 4) is 0 Å². The molecule has 0 bridgehead atoms. The van der Waals surface area contributed by atoms with Crippen molar-refractivity contribution < 1.29 is 0 Å². The number of benzene rings is 1. The summed E-state index contributed by atoms with van der Waals surface area (Å²) in [5, 5.41) is 7.24. The molecule has 1 aromatic heterocycles. The molecule has 3 heteroatoms. The van der Waals surface area contributed by atoms with Crippen LogP contribution < -0.4 is 5.32 Å². The van der Waals surface area contributed by atoms with Crippen LogP contribution in [0.3, 0.4) is 0 Å². The molecule has 1 aromatic carbocycles. The highest BCUT2D eigenvalue weighted by molar-refractivity contribution is 7.17. The maximum absolute atomic E-state index is 3.49. The first-order valence-electron chi connectivity index (χ1n) is 7.63. The van der Waals surface area contributed by atoms with Gasteiger partial charge in [0.1, 0.15) is 0 Å². The molecule has 1 heterocycles. The Labute approximate surface area is 126 Å². The third-order valence-electron chi connectivity index (χ3n) is 4.12. The van der Waals surface area contributed by atoms with Crippen LogP contribution >= 0.6 is 11.3 Å². The van der Waals surface area contributed by atoms with Crippen LogP contribution in [0, 0.1) is 0 Å². The first-order chi connectivity index (χ1) is 9.78. The van der Waals surface area contributed by atoms with Gasteiger partial charge in [-0.3, -0.25) is 0 Å². The van der Waals surface area contributed by atoms with E-state index in [0.717, 1.165) is 19.5 Å². The van der Waals surface area contributed by atoms with Gasteiger partial charge in [-0.25, -0.2) is 0 Å². The van der Waals surface area contributed by atoms with E-state index in [1.807, 2.05) is 11.3 Å². The third-order valence-corrected chi connectivity index (χ3v) is 5.14. The molecule has 0 amide bonds. The molecule has 110 valence electrons. The standard InChI is InChI=1S/C17H26N2S/c1-4-19(5-2)11-10-15(18-3)12-14-13-20-17-9-7-6-8-16(14)17/h6-9,13,15,18H,4-5,10-12H2,1-3H3. The van der Waals surface area contributed by atoms with Gasteiger partial charge in [-0.05, 0) is 61.9 Å². The Morgan fingerprint density at radius 3 is 2.65 bits per heavy atom. The highest BCUT2D eigenvalue weighted by Gasteiger charge is 2.12. The molecular formula is C17H26N2S. The lowest BCUT2D eigenvalue weighted by Gasteiger charge is -2.22. The SMILES string of the molecule is CCN(CC)CCC(Cc1csc2ccccc12)NC. The molecule has 1 unspecified atom stereocenters. The summed E-state index contributed by atoms with van der Waals surface area (Å²) in [5.41, 5.74) is 1.49. The van der Waals surface area contributed by atoms with E-state index >= 15 is 0 Å². The number of fused-ring (bicyclic) bond motifs is 1. The summed E-state index contributed by atoms with van der Waals surface area (Å²) in [5.74, 6) is 0. The van der Waals surface area contributed by atoms with E-state index in [1.54, 1.807) is 0 Å². The van der Waals surface area contributed by atoms with E-state index in [9.17, 15) is 0 Å². The van der Waals surface area contributed by atoms with E-state index in [0.29, 0.717) is 6.04 Å². The minimum atomic E-state index is 0.564. The van der Waals surface area contributed by atoms with E-state index in [1.165, 1.54) is 28.6 Å². The van der Waals surface area contributed by atoms with Crippen LogP contribution in [0.15, 0.2) is 29.6 Å². The first kappa shape index (κ1) is 15.5. The van der Waals surface area contributed by atoms with E-state index in [4.69, 9.17) is 0 Å². The fraction of sp³-hybridized carbons (Fsp3) is 0.529. The number of hydrogen-bond donors (Lipinski definition) is 1. The van der Waals surface area contributed by atoms with Gasteiger partial charge >= 0.3 is 0 Å². The molecule has 20 heavy (non-hydrogen) atoms. The topological polar surface area (TPSA) is 15.3 Å². The predicted octanol–water partition coefficient (Wildman–Crippen LogP) is 3.76. The Kier molecular flexibility index (Phi) is 6.02. The van der Waals surface area contributed by atoms with Gasteiger partial charge in [0.2, 0.25) is 0 Å². The van der Waals surface area contributed by atoms with Gasteiger partial charge < -0.3 is 10.2 Å². The monoisotopic (exact) mass is 290 g/mol. The second-order valence-electron chi connectivity index (χ2n) is 5.26. The van der Waals surface area contributed by atoms with Gasteiger partial charge in [0, 0.05) is 10.7 Å². The van der Waals surface area contributed by atoms with Crippen LogP contribution in [-0.4, -0.2) is 37.6 Å². The molecule has 1 N–H and O–H groups in total. The summed E-state index contributed by atoms with van der Waals surface area (Å²) in [7, 11) is 2.08. The minimum absolute atomic E-state index is 0.564. The fourth-order valence-corrected chi connectivity index (χ4v) is 3.66. The summed E-state index contributed by atoms with van der Waals surface area (Å²) >= 11 is 1.86. The normalized spacial score (nSPS) is 13.2. The number of likely N-dealkylation sites (N-methyl/N-ethyl adjacent to an activating group) is 1. The molecule has 0 radical (unpaired) electrons. The van der Waals surface area contributed by atoms with Gasteiger partial charge in [-0.1, -0.05) is 32.0 Å². The van der Waals surface area contributed by atoms with Gasteiger partial charge in [0.05, 0.1) is 0 Å². The van der Waals surface area contributed by atoms with Crippen molar-refractivity contribution in [1.29, 1.82) is 0 Å². The first-order valence-corrected chi connectivity index (χ1v) is 8.51. The molecule has 2 aromatic rings. The smallest absolute Gasteiger partial charge is 0.0345 e. The summed E-state index contributed by atoms with van der Waals surface area (Å²) in [4.78, 5) is 2.50. The van der Waals surface area contributed by atoms with Crippen molar-refractivity contribution in [3.63, 3.8) is 0 Å². The number of thiophene rings is 1. The molecule has 2 nitrogen and oxygen atoms in total. The van der Waals surface area contributed by atoms with Crippen molar-refractivity contribution >= 4 is 21.4 Å². The molecule has 0 aliphatic rings. The lowest BCUT2D eigenvalue weighted by Crippen LogP contribution is -2.33. The maximum Gasteiger partial charge on any atom is 0.0345 e. The zero-order chi connectivity index (χ0) is 14.4. The summed E-state index contributed by atoms with van der Waals surface area (Å²) < 4.78 is 1.40. The largest absolute Gasteiger partial charge is 0.317 e. The van der Waals surface area contributed by atoms with Crippen molar-refractivity contribution in [2.75, 3.05) is 26.7 Å².